The fourth-order valence-electron chi connectivity index (χ4n) is 2.56. The second-order valence-electron chi connectivity index (χ2n) is 4.42. The van der Waals surface area contributed by atoms with Crippen LogP contribution in [0.3, 0.4) is 0 Å². The van der Waals surface area contributed by atoms with E-state index in [1.807, 2.05) is 0 Å². The van der Waals surface area contributed by atoms with Crippen LogP contribution in [0, 0.1) is 0 Å². The van der Waals surface area contributed by atoms with Crippen LogP contribution in [0.4, 0.5) is 4.79 Å². The summed E-state index contributed by atoms with van der Waals surface area (Å²) in [4.78, 5) is 10.4. The van der Waals surface area contributed by atoms with Crippen molar-refractivity contribution in [2.24, 2.45) is 0 Å². The molecular weight excluding hydrogens is 282 g/mol. The van der Waals surface area contributed by atoms with Gasteiger partial charge in [0, 0.05) is 11.0 Å². The highest BCUT2D eigenvalue weighted by Gasteiger charge is 2.21. The first-order valence-electron chi connectivity index (χ1n) is 5.92. The minimum Gasteiger partial charge on any atom is -0.465 e. The predicted molar refractivity (Wildman–Crippen MR) is 70.5 cm³/mol. The minimum atomic E-state index is -0.935. The van der Waals surface area contributed by atoms with E-state index in [-0.39, 0.29) is 0 Å². The zero-order chi connectivity index (χ0) is 12.3. The molecule has 0 spiro atoms. The molecule has 92 valence electrons. The van der Waals surface area contributed by atoms with Crippen LogP contribution in [0.25, 0.3) is 0 Å². The van der Waals surface area contributed by atoms with Crippen molar-refractivity contribution in [2.75, 3.05) is 6.54 Å². The van der Waals surface area contributed by atoms with E-state index >= 15 is 0 Å². The number of hydrogen-bond donors (Lipinski definition) is 2. The Balaban J connectivity index is 2.07. The highest BCUT2D eigenvalue weighted by atomic mass is 79.9. The molecule has 0 fully saturated rings. The number of benzene rings is 1. The van der Waals surface area contributed by atoms with Crippen LogP contribution in [-0.2, 0) is 6.42 Å². The fraction of sp³-hybridized carbons (Fsp3) is 0.462. The topological polar surface area (TPSA) is 49.3 Å². The summed E-state index contributed by atoms with van der Waals surface area (Å²) in [5.74, 6) is 0.489. The smallest absolute Gasteiger partial charge is 0.404 e. The van der Waals surface area contributed by atoms with Gasteiger partial charge in [0.1, 0.15) is 0 Å². The minimum absolute atomic E-state index is 0.489. The van der Waals surface area contributed by atoms with Crippen LogP contribution in [0.5, 0.6) is 0 Å². The molecule has 1 aliphatic carbocycles. The zero-order valence-corrected chi connectivity index (χ0v) is 11.2. The van der Waals surface area contributed by atoms with E-state index in [4.69, 9.17) is 5.11 Å². The van der Waals surface area contributed by atoms with Gasteiger partial charge in [0.05, 0.1) is 0 Å². The second kappa shape index (κ2) is 5.54. The number of amides is 1. The van der Waals surface area contributed by atoms with Crippen LogP contribution in [0.2, 0.25) is 0 Å². The number of hydrogen-bond acceptors (Lipinski definition) is 1. The van der Waals surface area contributed by atoms with Crippen molar-refractivity contribution in [1.82, 2.24) is 5.32 Å². The maximum Gasteiger partial charge on any atom is 0.404 e. The molecule has 0 aromatic heterocycles. The molecular formula is C13H16BrNO2. The summed E-state index contributed by atoms with van der Waals surface area (Å²) in [5, 5.41) is 11.0. The molecule has 2 rings (SSSR count). The first-order chi connectivity index (χ1) is 8.18. The van der Waals surface area contributed by atoms with Crippen LogP contribution >= 0.6 is 15.9 Å². The van der Waals surface area contributed by atoms with Gasteiger partial charge in [-0.05, 0) is 48.8 Å². The Labute approximate surface area is 109 Å². The predicted octanol–water partition coefficient (Wildman–Crippen LogP) is 3.53. The third-order valence-electron chi connectivity index (χ3n) is 3.34. The van der Waals surface area contributed by atoms with E-state index in [9.17, 15) is 4.79 Å². The van der Waals surface area contributed by atoms with Crippen molar-refractivity contribution in [1.29, 1.82) is 0 Å². The van der Waals surface area contributed by atoms with Gasteiger partial charge < -0.3 is 10.4 Å². The van der Waals surface area contributed by atoms with Gasteiger partial charge in [-0.1, -0.05) is 28.1 Å². The molecule has 1 aliphatic rings. The molecule has 2 N–H and O–H groups in total. The molecule has 1 unspecified atom stereocenters. The van der Waals surface area contributed by atoms with Gasteiger partial charge in [0.15, 0.2) is 0 Å². The number of fused-ring (bicyclic) bond motifs is 1. The third kappa shape index (κ3) is 3.00. The molecule has 0 saturated carbocycles. The molecule has 0 saturated heterocycles. The monoisotopic (exact) mass is 297 g/mol. The molecule has 0 aliphatic heterocycles. The van der Waals surface area contributed by atoms with Gasteiger partial charge in [-0.25, -0.2) is 4.79 Å². The van der Waals surface area contributed by atoms with Crippen LogP contribution in [-0.4, -0.2) is 17.7 Å². The summed E-state index contributed by atoms with van der Waals surface area (Å²) < 4.78 is 1.19. The average Bonchev–Trinajstić information content (AvgIpc) is 2.30. The summed E-state index contributed by atoms with van der Waals surface area (Å²) >= 11 is 3.59. The summed E-state index contributed by atoms with van der Waals surface area (Å²) in [6.45, 7) is 0.534. The Morgan fingerprint density at radius 1 is 1.53 bits per heavy atom. The van der Waals surface area contributed by atoms with Crippen molar-refractivity contribution < 1.29 is 9.90 Å². The van der Waals surface area contributed by atoms with Gasteiger partial charge in [-0.3, -0.25) is 0 Å². The van der Waals surface area contributed by atoms with Crippen molar-refractivity contribution in [2.45, 2.75) is 31.6 Å². The molecule has 0 radical (unpaired) electrons. The Morgan fingerprint density at radius 3 is 3.12 bits per heavy atom. The van der Waals surface area contributed by atoms with E-state index in [0.29, 0.717) is 12.5 Å². The largest absolute Gasteiger partial charge is 0.465 e. The van der Waals surface area contributed by atoms with E-state index in [2.05, 4.69) is 39.4 Å². The van der Waals surface area contributed by atoms with Gasteiger partial charge in [0.25, 0.3) is 0 Å². The van der Waals surface area contributed by atoms with E-state index in [1.54, 1.807) is 0 Å². The third-order valence-corrected chi connectivity index (χ3v) is 4.09. The molecule has 3 nitrogen and oxygen atoms in total. The fourth-order valence-corrected chi connectivity index (χ4v) is 3.14. The van der Waals surface area contributed by atoms with Crippen molar-refractivity contribution in [3.05, 3.63) is 33.8 Å². The highest BCUT2D eigenvalue weighted by molar-refractivity contribution is 9.10. The van der Waals surface area contributed by atoms with Gasteiger partial charge in [-0.15, -0.1) is 0 Å². The molecule has 17 heavy (non-hydrogen) atoms. The normalized spacial score (nSPS) is 18.5. The van der Waals surface area contributed by atoms with E-state index in [0.717, 1.165) is 19.3 Å². The van der Waals surface area contributed by atoms with Crippen molar-refractivity contribution >= 4 is 22.0 Å². The van der Waals surface area contributed by atoms with Crippen LogP contribution in [0.15, 0.2) is 22.7 Å². The first-order valence-corrected chi connectivity index (χ1v) is 6.72. The lowest BCUT2D eigenvalue weighted by molar-refractivity contribution is 0.194. The summed E-state index contributed by atoms with van der Waals surface area (Å²) in [7, 11) is 0. The molecule has 0 heterocycles. The maximum atomic E-state index is 10.4. The molecule has 1 aromatic carbocycles. The molecule has 1 amide bonds. The van der Waals surface area contributed by atoms with Gasteiger partial charge in [0.2, 0.25) is 0 Å². The number of nitrogens with one attached hydrogen (secondary N) is 1. The number of carbonyl (C=O) groups is 1. The molecule has 0 bridgehead atoms. The number of carboxylic acid groups (broad SMARTS) is 1. The lowest BCUT2D eigenvalue weighted by atomic mass is 9.81. The van der Waals surface area contributed by atoms with Gasteiger partial charge >= 0.3 is 6.09 Å². The Kier molecular flexibility index (Phi) is 4.05. The zero-order valence-electron chi connectivity index (χ0n) is 9.58. The lowest BCUT2D eigenvalue weighted by Gasteiger charge is -2.26. The Morgan fingerprint density at radius 2 is 2.35 bits per heavy atom. The summed E-state index contributed by atoms with van der Waals surface area (Å²) in [6, 6.07) is 6.31. The Bertz CT molecular complexity index is 420. The first kappa shape index (κ1) is 12.4. The average molecular weight is 298 g/mol. The van der Waals surface area contributed by atoms with E-state index in [1.165, 1.54) is 22.0 Å². The van der Waals surface area contributed by atoms with E-state index < -0.39 is 6.09 Å². The SMILES string of the molecule is O=C(O)NCCC1CCCc2c(Br)cccc21. The Hall–Kier alpha value is -1.03. The van der Waals surface area contributed by atoms with Crippen LogP contribution < -0.4 is 5.32 Å². The lowest BCUT2D eigenvalue weighted by Crippen LogP contribution is -2.24. The molecule has 1 aromatic rings. The van der Waals surface area contributed by atoms with Crippen molar-refractivity contribution in [3.8, 4) is 0 Å². The number of rotatable bonds is 3. The standard InChI is InChI=1S/C13H16BrNO2/c14-12-6-2-4-10-9(3-1-5-11(10)12)7-8-15-13(16)17/h2,4,6,9,15H,1,3,5,7-8H2,(H,16,17). The second-order valence-corrected chi connectivity index (χ2v) is 5.27. The summed E-state index contributed by atoms with van der Waals surface area (Å²) in [5.41, 5.74) is 2.79. The maximum absolute atomic E-state index is 10.4. The van der Waals surface area contributed by atoms with Crippen LogP contribution in [0.1, 0.15) is 36.3 Å². The highest BCUT2D eigenvalue weighted by Crippen LogP contribution is 2.36. The van der Waals surface area contributed by atoms with Gasteiger partial charge in [-0.2, -0.15) is 0 Å². The quantitative estimate of drug-likeness (QED) is 0.897. The van der Waals surface area contributed by atoms with Crippen molar-refractivity contribution in [3.63, 3.8) is 0 Å². The molecule has 4 heteroatoms. The molecule has 1 atom stereocenters. The number of halogens is 1. The summed E-state index contributed by atoms with van der Waals surface area (Å²) in [6.07, 6.45) is 3.42.